The van der Waals surface area contributed by atoms with Crippen LogP contribution in [0.5, 0.6) is 0 Å². The van der Waals surface area contributed by atoms with Gasteiger partial charge in [0, 0.05) is 39.3 Å². The van der Waals surface area contributed by atoms with Gasteiger partial charge in [-0.3, -0.25) is 4.79 Å². The summed E-state index contributed by atoms with van der Waals surface area (Å²) >= 11 is 0. The van der Waals surface area contributed by atoms with Crippen LogP contribution in [0.25, 0.3) is 0 Å². The van der Waals surface area contributed by atoms with Gasteiger partial charge >= 0.3 is 0 Å². The third-order valence-electron chi connectivity index (χ3n) is 2.35. The van der Waals surface area contributed by atoms with E-state index >= 15 is 0 Å². The van der Waals surface area contributed by atoms with Crippen LogP contribution in [0.4, 0.5) is 0 Å². The van der Waals surface area contributed by atoms with Crippen LogP contribution in [0.2, 0.25) is 0 Å². The van der Waals surface area contributed by atoms with Crippen molar-refractivity contribution in [3.8, 4) is 0 Å². The molecule has 0 bridgehead atoms. The smallest absolute Gasteiger partial charge is 0.224 e. The zero-order valence-electron chi connectivity index (χ0n) is 9.97. The molecule has 1 aromatic carbocycles. The van der Waals surface area contributed by atoms with Crippen molar-refractivity contribution in [2.24, 2.45) is 0 Å². The average Bonchev–Trinajstić information content (AvgIpc) is 2.39. The molecule has 0 spiro atoms. The van der Waals surface area contributed by atoms with E-state index in [1.807, 2.05) is 30.3 Å². The van der Waals surface area contributed by atoms with Gasteiger partial charge in [-0.2, -0.15) is 6.07 Å². The Hall–Kier alpha value is -1.06. The molecule has 89 valence electrons. The maximum absolute atomic E-state index is 11.6. The zero-order chi connectivity index (χ0) is 11.9. The van der Waals surface area contributed by atoms with Crippen molar-refractivity contribution >= 4 is 5.91 Å². The number of benzene rings is 1. The Bertz CT molecular complexity index is 474. The Morgan fingerprint density at radius 2 is 2.00 bits per heavy atom. The summed E-state index contributed by atoms with van der Waals surface area (Å²) < 4.78 is 0. The van der Waals surface area contributed by atoms with Gasteiger partial charge in [0.15, 0.2) is 0 Å². The molecule has 0 aliphatic rings. The van der Waals surface area contributed by atoms with E-state index in [4.69, 9.17) is 0 Å². The minimum absolute atomic E-state index is 0. The summed E-state index contributed by atoms with van der Waals surface area (Å²) in [6, 6.07) is 16.2. The fraction of sp³-hybridized carbons (Fsp3) is 0.143. The van der Waals surface area contributed by atoms with E-state index in [9.17, 15) is 4.79 Å². The van der Waals surface area contributed by atoms with E-state index in [0.717, 1.165) is 11.3 Å². The molecule has 0 aliphatic carbocycles. The van der Waals surface area contributed by atoms with E-state index < -0.39 is 0 Å². The van der Waals surface area contributed by atoms with Crippen LogP contribution in [0.1, 0.15) is 11.3 Å². The third-order valence-corrected chi connectivity index (χ3v) is 2.35. The van der Waals surface area contributed by atoms with Gasteiger partial charge in [0.05, 0.1) is 6.42 Å². The maximum atomic E-state index is 11.6. The van der Waals surface area contributed by atoms with E-state index in [-0.39, 0.29) is 38.6 Å². The number of nitrogens with one attached hydrogen (secondary N) is 1. The second-order valence-electron chi connectivity index (χ2n) is 3.69. The molecule has 3 nitrogen and oxygen atoms in total. The molecule has 0 aliphatic heterocycles. The van der Waals surface area contributed by atoms with Gasteiger partial charge < -0.3 is 10.3 Å². The first kappa shape index (κ1) is 15.0. The minimum Gasteiger partial charge on any atom is -0.352 e. The predicted octanol–water partition coefficient (Wildman–Crippen LogP) is 1.74. The van der Waals surface area contributed by atoms with Crippen LogP contribution in [0.3, 0.4) is 0 Å². The summed E-state index contributed by atoms with van der Waals surface area (Å²) in [7, 11) is 0. The zero-order valence-corrected chi connectivity index (χ0v) is 12.8. The Morgan fingerprint density at radius 3 is 2.67 bits per heavy atom. The summed E-state index contributed by atoms with van der Waals surface area (Å²) in [5.74, 6) is -0.0208. The quantitative estimate of drug-likeness (QED) is 0.874. The van der Waals surface area contributed by atoms with E-state index in [1.165, 1.54) is 0 Å². The average molecular weight is 314 g/mol. The summed E-state index contributed by atoms with van der Waals surface area (Å²) in [4.78, 5) is 15.7. The number of amides is 1. The van der Waals surface area contributed by atoms with Crippen molar-refractivity contribution in [3.63, 3.8) is 0 Å². The predicted molar refractivity (Wildman–Crippen MR) is 65.1 cm³/mol. The molecule has 2 aromatic rings. The fourth-order valence-electron chi connectivity index (χ4n) is 1.48. The van der Waals surface area contributed by atoms with Gasteiger partial charge in [-0.1, -0.05) is 36.5 Å². The second-order valence-corrected chi connectivity index (χ2v) is 3.69. The van der Waals surface area contributed by atoms with Gasteiger partial charge in [0.1, 0.15) is 0 Å². The van der Waals surface area contributed by atoms with Gasteiger partial charge in [0.25, 0.3) is 0 Å². The molecule has 0 atom stereocenters. The monoisotopic (exact) mass is 314 g/mol. The van der Waals surface area contributed by atoms with Crippen molar-refractivity contribution in [1.82, 2.24) is 10.3 Å². The van der Waals surface area contributed by atoms with Gasteiger partial charge in [0.2, 0.25) is 5.91 Å². The largest absolute Gasteiger partial charge is 0.352 e. The Morgan fingerprint density at radius 1 is 1.22 bits per heavy atom. The number of nitrogens with zero attached hydrogens (tertiary/aromatic N) is 1. The van der Waals surface area contributed by atoms with Crippen LogP contribution >= 0.6 is 0 Å². The first-order chi connectivity index (χ1) is 8.34. The van der Waals surface area contributed by atoms with Gasteiger partial charge in [-0.25, -0.2) is 12.1 Å². The van der Waals surface area contributed by atoms with Crippen LogP contribution < -0.4 is 5.32 Å². The number of aromatic nitrogens is 1. The summed E-state index contributed by atoms with van der Waals surface area (Å²) in [6.45, 7) is 0.554. The van der Waals surface area contributed by atoms with Crippen molar-refractivity contribution in [3.05, 3.63) is 66.0 Å². The molecule has 1 amide bonds. The van der Waals surface area contributed by atoms with Crippen LogP contribution in [-0.2, 0) is 50.5 Å². The molecule has 4 heteroatoms. The molecule has 2 rings (SSSR count). The Labute approximate surface area is 132 Å². The first-order valence-electron chi connectivity index (χ1n) is 5.46. The maximum Gasteiger partial charge on any atom is 0.224 e. The molecular formula is C14H13N2OY-. The molecule has 0 saturated heterocycles. The molecule has 1 aromatic heterocycles. The number of rotatable bonds is 4. The number of hydrogen-bond acceptors (Lipinski definition) is 2. The van der Waals surface area contributed by atoms with Gasteiger partial charge in [-0.05, 0) is 11.3 Å². The molecule has 18 heavy (non-hydrogen) atoms. The van der Waals surface area contributed by atoms with Crippen molar-refractivity contribution in [2.45, 2.75) is 13.0 Å². The van der Waals surface area contributed by atoms with Crippen LogP contribution in [-0.4, -0.2) is 10.9 Å². The number of carbonyl (C=O) groups is 1. The minimum atomic E-state index is -0.0208. The third kappa shape index (κ3) is 5.07. The second kappa shape index (κ2) is 8.12. The van der Waals surface area contributed by atoms with Crippen LogP contribution in [0.15, 0.2) is 48.7 Å². The Kier molecular flexibility index (Phi) is 6.77. The van der Waals surface area contributed by atoms with Crippen molar-refractivity contribution in [2.75, 3.05) is 0 Å². The summed E-state index contributed by atoms with van der Waals surface area (Å²) in [5, 5.41) is 2.86. The fourth-order valence-corrected chi connectivity index (χ4v) is 1.48. The number of hydrogen-bond donors (Lipinski definition) is 1. The molecule has 0 saturated carbocycles. The van der Waals surface area contributed by atoms with Gasteiger partial charge in [-0.15, -0.1) is 0 Å². The number of carbonyl (C=O) groups excluding carboxylic acids is 1. The molecule has 1 N–H and O–H groups in total. The molecular weight excluding hydrogens is 301 g/mol. The molecule has 1 radical (unpaired) electrons. The van der Waals surface area contributed by atoms with E-state index in [0.29, 0.717) is 13.0 Å². The standard InChI is InChI=1S/C14H13N2O.Y/c17-14(10-13-8-4-5-9-15-13)16-11-12-6-2-1-3-7-12;/h1-4,6-9H,10-11H2,(H,16,17);/q-1;. The normalized spacial score (nSPS) is 9.33. The van der Waals surface area contributed by atoms with Crippen molar-refractivity contribution < 1.29 is 37.5 Å². The topological polar surface area (TPSA) is 42.0 Å². The molecule has 0 fully saturated rings. The van der Waals surface area contributed by atoms with Crippen LogP contribution in [0, 0.1) is 6.07 Å². The number of pyridine rings is 1. The SMILES string of the molecule is O=C(Cc1cc[c-]cn1)NCc1ccccc1.[Y]. The van der Waals surface area contributed by atoms with E-state index in [1.54, 1.807) is 18.3 Å². The van der Waals surface area contributed by atoms with E-state index in [2.05, 4.69) is 16.4 Å². The Balaban J connectivity index is 0.00000162. The molecule has 1 heterocycles. The summed E-state index contributed by atoms with van der Waals surface area (Å²) in [6.07, 6.45) is 1.88. The first-order valence-corrected chi connectivity index (χ1v) is 5.46. The molecule has 0 unspecified atom stereocenters. The summed E-state index contributed by atoms with van der Waals surface area (Å²) in [5.41, 5.74) is 1.85. The van der Waals surface area contributed by atoms with Crippen molar-refractivity contribution in [1.29, 1.82) is 0 Å².